The molecule has 0 saturated carbocycles. The number of anilines is 2. The summed E-state index contributed by atoms with van der Waals surface area (Å²) in [6.45, 7) is 6.08. The van der Waals surface area contributed by atoms with E-state index < -0.39 is 0 Å². The SMILES string of the molecule is CCNc1nc(N2CCCCCC2C)c(Cl)cc1Cl. The van der Waals surface area contributed by atoms with E-state index in [1.54, 1.807) is 6.07 Å². The minimum absolute atomic E-state index is 0.475. The Balaban J connectivity index is 2.33. The molecule has 0 spiro atoms. The fourth-order valence-corrected chi connectivity index (χ4v) is 3.07. The van der Waals surface area contributed by atoms with Crippen LogP contribution in [0.2, 0.25) is 10.0 Å². The molecular weight excluding hydrogens is 281 g/mol. The minimum atomic E-state index is 0.475. The van der Waals surface area contributed by atoms with Crippen LogP contribution in [0.5, 0.6) is 0 Å². The Morgan fingerprint density at radius 2 is 2.11 bits per heavy atom. The number of halogens is 2. The highest BCUT2D eigenvalue weighted by Gasteiger charge is 2.22. The average molecular weight is 302 g/mol. The van der Waals surface area contributed by atoms with E-state index in [1.807, 2.05) is 6.92 Å². The van der Waals surface area contributed by atoms with Gasteiger partial charge in [-0.3, -0.25) is 0 Å². The quantitative estimate of drug-likeness (QED) is 0.885. The summed E-state index contributed by atoms with van der Waals surface area (Å²) in [5.41, 5.74) is 0. The van der Waals surface area contributed by atoms with Crippen LogP contribution in [-0.4, -0.2) is 24.1 Å². The van der Waals surface area contributed by atoms with Gasteiger partial charge in [0.05, 0.1) is 10.0 Å². The van der Waals surface area contributed by atoms with Crippen LogP contribution in [0.15, 0.2) is 6.07 Å². The maximum absolute atomic E-state index is 6.34. The van der Waals surface area contributed by atoms with Gasteiger partial charge in [0.15, 0.2) is 0 Å². The van der Waals surface area contributed by atoms with Gasteiger partial charge in [-0.2, -0.15) is 0 Å². The van der Waals surface area contributed by atoms with Crippen molar-refractivity contribution in [1.29, 1.82) is 0 Å². The number of pyridine rings is 1. The molecule has 5 heteroatoms. The first-order valence-electron chi connectivity index (χ1n) is 7.00. The molecule has 2 heterocycles. The predicted octanol–water partition coefficient (Wildman–Crippen LogP) is 4.59. The molecule has 2 rings (SSSR count). The molecule has 1 aliphatic heterocycles. The average Bonchev–Trinajstić information content (AvgIpc) is 2.58. The van der Waals surface area contributed by atoms with Crippen LogP contribution < -0.4 is 10.2 Å². The van der Waals surface area contributed by atoms with E-state index in [4.69, 9.17) is 23.2 Å². The maximum Gasteiger partial charge on any atom is 0.150 e. The normalized spacial score (nSPS) is 20.2. The summed E-state index contributed by atoms with van der Waals surface area (Å²) in [5.74, 6) is 1.58. The molecule has 3 nitrogen and oxygen atoms in total. The number of hydrogen-bond donors (Lipinski definition) is 1. The molecule has 1 fully saturated rings. The monoisotopic (exact) mass is 301 g/mol. The first-order chi connectivity index (χ1) is 9.13. The molecular formula is C14H21Cl2N3. The summed E-state index contributed by atoms with van der Waals surface area (Å²) in [6, 6.07) is 2.27. The fraction of sp³-hybridized carbons (Fsp3) is 0.643. The number of hydrogen-bond acceptors (Lipinski definition) is 3. The highest BCUT2D eigenvalue weighted by atomic mass is 35.5. The molecule has 1 aliphatic rings. The van der Waals surface area contributed by atoms with Crippen LogP contribution >= 0.6 is 23.2 Å². The van der Waals surface area contributed by atoms with Crippen molar-refractivity contribution in [3.05, 3.63) is 16.1 Å². The Hall–Kier alpha value is -0.670. The number of rotatable bonds is 3. The summed E-state index contributed by atoms with van der Waals surface area (Å²) in [7, 11) is 0. The maximum atomic E-state index is 6.34. The highest BCUT2D eigenvalue weighted by Crippen LogP contribution is 2.34. The highest BCUT2D eigenvalue weighted by molar-refractivity contribution is 6.37. The minimum Gasteiger partial charge on any atom is -0.369 e. The second-order valence-electron chi connectivity index (χ2n) is 5.05. The fourth-order valence-electron chi connectivity index (χ4n) is 2.54. The molecule has 0 radical (unpaired) electrons. The third-order valence-electron chi connectivity index (χ3n) is 3.58. The molecule has 1 unspecified atom stereocenters. The molecule has 1 aromatic heterocycles. The van der Waals surface area contributed by atoms with Crippen molar-refractivity contribution in [2.45, 2.75) is 45.6 Å². The van der Waals surface area contributed by atoms with Gasteiger partial charge in [-0.05, 0) is 32.8 Å². The third kappa shape index (κ3) is 3.46. The summed E-state index contributed by atoms with van der Waals surface area (Å²) in [5, 5.41) is 4.41. The van der Waals surface area contributed by atoms with Gasteiger partial charge >= 0.3 is 0 Å². The molecule has 0 bridgehead atoms. The number of nitrogens with one attached hydrogen (secondary N) is 1. The van der Waals surface area contributed by atoms with E-state index in [0.717, 1.165) is 24.7 Å². The lowest BCUT2D eigenvalue weighted by Crippen LogP contribution is -2.33. The van der Waals surface area contributed by atoms with Gasteiger partial charge in [-0.1, -0.05) is 36.0 Å². The van der Waals surface area contributed by atoms with E-state index >= 15 is 0 Å². The molecule has 106 valence electrons. The van der Waals surface area contributed by atoms with Gasteiger partial charge < -0.3 is 10.2 Å². The van der Waals surface area contributed by atoms with Crippen LogP contribution in [0.3, 0.4) is 0 Å². The molecule has 0 aromatic carbocycles. The van der Waals surface area contributed by atoms with Crippen LogP contribution in [0, 0.1) is 0 Å². The smallest absolute Gasteiger partial charge is 0.150 e. The summed E-state index contributed by atoms with van der Waals surface area (Å²) in [4.78, 5) is 6.94. The van der Waals surface area contributed by atoms with Gasteiger partial charge in [0.1, 0.15) is 11.6 Å². The summed E-state index contributed by atoms with van der Waals surface area (Å²) >= 11 is 12.5. The van der Waals surface area contributed by atoms with Crippen LogP contribution in [0.1, 0.15) is 39.5 Å². The van der Waals surface area contributed by atoms with Crippen molar-refractivity contribution in [1.82, 2.24) is 4.98 Å². The zero-order chi connectivity index (χ0) is 13.8. The molecule has 19 heavy (non-hydrogen) atoms. The molecule has 1 N–H and O–H groups in total. The largest absolute Gasteiger partial charge is 0.369 e. The van der Waals surface area contributed by atoms with Gasteiger partial charge in [0, 0.05) is 19.1 Å². The van der Waals surface area contributed by atoms with Crippen molar-refractivity contribution in [2.75, 3.05) is 23.3 Å². The van der Waals surface area contributed by atoms with E-state index in [9.17, 15) is 0 Å². The lowest BCUT2D eigenvalue weighted by atomic mass is 10.1. The van der Waals surface area contributed by atoms with E-state index in [-0.39, 0.29) is 0 Å². The zero-order valence-electron chi connectivity index (χ0n) is 11.5. The van der Waals surface area contributed by atoms with Crippen LogP contribution in [-0.2, 0) is 0 Å². The molecule has 0 amide bonds. The molecule has 0 aliphatic carbocycles. The van der Waals surface area contributed by atoms with Crippen molar-refractivity contribution in [3.8, 4) is 0 Å². The molecule has 1 aromatic rings. The van der Waals surface area contributed by atoms with Gasteiger partial charge in [0.25, 0.3) is 0 Å². The molecule has 1 atom stereocenters. The Morgan fingerprint density at radius 3 is 2.84 bits per heavy atom. The number of nitrogens with zero attached hydrogens (tertiary/aromatic N) is 2. The predicted molar refractivity (Wildman–Crippen MR) is 83.7 cm³/mol. The Morgan fingerprint density at radius 1 is 1.32 bits per heavy atom. The Bertz CT molecular complexity index is 437. The van der Waals surface area contributed by atoms with Crippen molar-refractivity contribution >= 4 is 34.8 Å². The second kappa shape index (κ2) is 6.67. The standard InChI is InChI=1S/C14H21Cl2N3/c1-3-17-13-11(15)9-12(16)14(18-13)19-8-6-4-5-7-10(19)2/h9-10H,3-8H2,1-2H3,(H,17,18). The second-order valence-corrected chi connectivity index (χ2v) is 5.86. The van der Waals surface area contributed by atoms with Crippen LogP contribution in [0.25, 0.3) is 0 Å². The van der Waals surface area contributed by atoms with Gasteiger partial charge in [-0.25, -0.2) is 4.98 Å². The van der Waals surface area contributed by atoms with Crippen LogP contribution in [0.4, 0.5) is 11.6 Å². The van der Waals surface area contributed by atoms with Gasteiger partial charge in [-0.15, -0.1) is 0 Å². The summed E-state index contributed by atoms with van der Waals surface area (Å²) < 4.78 is 0. The zero-order valence-corrected chi connectivity index (χ0v) is 13.1. The first kappa shape index (κ1) is 14.7. The lowest BCUT2D eigenvalue weighted by Gasteiger charge is -2.29. The van der Waals surface area contributed by atoms with Crippen molar-refractivity contribution < 1.29 is 0 Å². The van der Waals surface area contributed by atoms with E-state index in [0.29, 0.717) is 16.1 Å². The van der Waals surface area contributed by atoms with E-state index in [1.165, 1.54) is 25.7 Å². The van der Waals surface area contributed by atoms with Crippen molar-refractivity contribution in [2.24, 2.45) is 0 Å². The molecule has 1 saturated heterocycles. The topological polar surface area (TPSA) is 28.2 Å². The first-order valence-corrected chi connectivity index (χ1v) is 7.75. The lowest BCUT2D eigenvalue weighted by molar-refractivity contribution is 0.611. The third-order valence-corrected chi connectivity index (χ3v) is 4.15. The van der Waals surface area contributed by atoms with Crippen molar-refractivity contribution in [3.63, 3.8) is 0 Å². The number of aromatic nitrogens is 1. The van der Waals surface area contributed by atoms with E-state index in [2.05, 4.69) is 22.1 Å². The Kier molecular flexibility index (Phi) is 5.17. The van der Waals surface area contributed by atoms with Gasteiger partial charge in [0.2, 0.25) is 0 Å². The summed E-state index contributed by atoms with van der Waals surface area (Å²) in [6.07, 6.45) is 4.95. The Labute approximate surface area is 125 Å².